The second-order valence-corrected chi connectivity index (χ2v) is 8.44. The van der Waals surface area contributed by atoms with Crippen molar-refractivity contribution in [2.75, 3.05) is 0 Å². The third-order valence-corrected chi connectivity index (χ3v) is 4.11. The number of rotatable bonds is 0. The van der Waals surface area contributed by atoms with E-state index >= 15 is 0 Å². The van der Waals surface area contributed by atoms with Gasteiger partial charge in [0.1, 0.15) is 0 Å². The number of carbonyl (C=O) groups excluding carboxylic acids is 4. The van der Waals surface area contributed by atoms with Gasteiger partial charge >= 0.3 is 0 Å². The molecule has 4 nitrogen and oxygen atoms in total. The zero-order chi connectivity index (χ0) is 19.9. The number of ketones is 4. The van der Waals surface area contributed by atoms with Crippen LogP contribution in [-0.2, 0) is 19.2 Å². The smallest absolute Gasteiger partial charge is 0.194 e. The van der Waals surface area contributed by atoms with E-state index in [0.717, 1.165) is 0 Å². The topological polar surface area (TPSA) is 68.3 Å². The first-order valence-corrected chi connectivity index (χ1v) is 8.38. The van der Waals surface area contributed by atoms with Gasteiger partial charge in [0.25, 0.3) is 0 Å². The minimum Gasteiger partial charge on any atom is -0.290 e. The minimum absolute atomic E-state index is 0.0229. The van der Waals surface area contributed by atoms with Crippen LogP contribution in [0.4, 0.5) is 0 Å². The molecule has 2 aliphatic carbocycles. The molecule has 4 heteroatoms. The summed E-state index contributed by atoms with van der Waals surface area (Å²) in [5, 5.41) is 0. The first-order chi connectivity index (χ1) is 11.8. The van der Waals surface area contributed by atoms with Gasteiger partial charge in [-0.3, -0.25) is 19.2 Å². The van der Waals surface area contributed by atoms with Gasteiger partial charge in [0.2, 0.25) is 0 Å². The molecule has 2 rings (SSSR count). The first-order valence-electron chi connectivity index (χ1n) is 8.38. The van der Waals surface area contributed by atoms with Crippen molar-refractivity contribution in [3.8, 4) is 11.8 Å². The van der Waals surface area contributed by atoms with Crippen LogP contribution in [0.3, 0.4) is 0 Å². The Labute approximate surface area is 153 Å². The van der Waals surface area contributed by atoms with E-state index in [0.29, 0.717) is 11.1 Å². The van der Waals surface area contributed by atoms with Crippen LogP contribution >= 0.6 is 0 Å². The van der Waals surface area contributed by atoms with Gasteiger partial charge in [0.15, 0.2) is 23.1 Å². The maximum atomic E-state index is 12.2. The first kappa shape index (κ1) is 19.5. The number of hydrogen-bond donors (Lipinski definition) is 0. The summed E-state index contributed by atoms with van der Waals surface area (Å²) in [6, 6.07) is 0. The molecule has 26 heavy (non-hydrogen) atoms. The van der Waals surface area contributed by atoms with Crippen LogP contribution in [-0.4, -0.2) is 23.1 Å². The molecule has 0 aromatic heterocycles. The zero-order valence-corrected chi connectivity index (χ0v) is 15.9. The molecule has 0 atom stereocenters. The highest BCUT2D eigenvalue weighted by Gasteiger charge is 2.29. The number of carbonyl (C=O) groups is 4. The average molecular weight is 350 g/mol. The van der Waals surface area contributed by atoms with Crippen molar-refractivity contribution in [1.29, 1.82) is 0 Å². The van der Waals surface area contributed by atoms with Gasteiger partial charge in [0, 0.05) is 23.3 Å². The van der Waals surface area contributed by atoms with Crippen LogP contribution in [0.15, 0.2) is 46.6 Å². The van der Waals surface area contributed by atoms with E-state index < -0.39 is 10.8 Å². The molecule has 0 saturated heterocycles. The average Bonchev–Trinajstić information content (AvgIpc) is 2.48. The maximum Gasteiger partial charge on any atom is 0.194 e. The highest BCUT2D eigenvalue weighted by molar-refractivity contribution is 6.24. The van der Waals surface area contributed by atoms with Crippen molar-refractivity contribution in [2.45, 2.75) is 41.5 Å². The molecule has 0 aromatic carbocycles. The molecule has 134 valence electrons. The quantitative estimate of drug-likeness (QED) is 0.497. The number of allylic oxidation sites excluding steroid dienone is 8. The lowest BCUT2D eigenvalue weighted by atomic mass is 9.79. The van der Waals surface area contributed by atoms with Gasteiger partial charge in [-0.05, 0) is 23.0 Å². The summed E-state index contributed by atoms with van der Waals surface area (Å²) < 4.78 is 0. The zero-order valence-electron chi connectivity index (χ0n) is 15.9. The van der Waals surface area contributed by atoms with E-state index in [1.54, 1.807) is 0 Å². The molecule has 0 aromatic rings. The minimum atomic E-state index is -0.440. The Morgan fingerprint density at radius 1 is 0.538 bits per heavy atom. The molecule has 0 fully saturated rings. The van der Waals surface area contributed by atoms with Crippen molar-refractivity contribution in [1.82, 2.24) is 0 Å². The van der Waals surface area contributed by atoms with Crippen LogP contribution in [0.25, 0.3) is 0 Å². The summed E-state index contributed by atoms with van der Waals surface area (Å²) in [6.07, 6.45) is 4.99. The summed E-state index contributed by atoms with van der Waals surface area (Å²) in [6.45, 7) is 11.1. The molecular formula is C22H22O4. The van der Waals surface area contributed by atoms with Crippen molar-refractivity contribution in [3.05, 3.63) is 46.6 Å². The Bertz CT molecular complexity index is 834. The summed E-state index contributed by atoms with van der Waals surface area (Å²) in [5.74, 6) is 3.87. The van der Waals surface area contributed by atoms with E-state index in [4.69, 9.17) is 0 Å². The predicted octanol–water partition coefficient (Wildman–Crippen LogP) is 3.09. The second-order valence-electron chi connectivity index (χ2n) is 8.44. The van der Waals surface area contributed by atoms with Gasteiger partial charge in [-0.15, -0.1) is 0 Å². The highest BCUT2D eigenvalue weighted by atomic mass is 16.1. The molecular weight excluding hydrogens is 328 g/mol. The summed E-state index contributed by atoms with van der Waals surface area (Å²) >= 11 is 0. The van der Waals surface area contributed by atoms with E-state index in [9.17, 15) is 19.2 Å². The molecule has 0 radical (unpaired) electrons. The fourth-order valence-corrected chi connectivity index (χ4v) is 2.62. The third kappa shape index (κ3) is 4.05. The molecule has 0 amide bonds. The SMILES string of the molecule is CC(C)(C)C1=CC(=O)C(C#CC2=CC(=O)C(C(C)(C)C)=CC2=O)=CC1=O. The molecule has 0 spiro atoms. The lowest BCUT2D eigenvalue weighted by Gasteiger charge is -2.23. The van der Waals surface area contributed by atoms with Gasteiger partial charge in [-0.1, -0.05) is 53.4 Å². The predicted molar refractivity (Wildman–Crippen MR) is 99.0 cm³/mol. The summed E-state index contributed by atoms with van der Waals surface area (Å²) in [4.78, 5) is 48.8. The molecule has 0 aliphatic heterocycles. The van der Waals surface area contributed by atoms with E-state index in [2.05, 4.69) is 11.8 Å². The van der Waals surface area contributed by atoms with E-state index in [-0.39, 0.29) is 34.3 Å². The van der Waals surface area contributed by atoms with Crippen LogP contribution in [0, 0.1) is 22.7 Å². The monoisotopic (exact) mass is 350 g/mol. The Morgan fingerprint density at radius 3 is 1.12 bits per heavy atom. The van der Waals surface area contributed by atoms with E-state index in [1.165, 1.54) is 24.3 Å². The third-order valence-electron chi connectivity index (χ3n) is 4.11. The normalized spacial score (nSPS) is 18.5. The van der Waals surface area contributed by atoms with Crippen molar-refractivity contribution in [3.63, 3.8) is 0 Å². The van der Waals surface area contributed by atoms with Gasteiger partial charge in [0.05, 0.1) is 11.1 Å². The summed E-state index contributed by atoms with van der Waals surface area (Å²) in [7, 11) is 0. The molecule has 0 unspecified atom stereocenters. The Kier molecular flexibility index (Phi) is 4.88. The molecule has 0 saturated carbocycles. The van der Waals surface area contributed by atoms with Crippen LogP contribution in [0.2, 0.25) is 0 Å². The van der Waals surface area contributed by atoms with Crippen LogP contribution < -0.4 is 0 Å². The van der Waals surface area contributed by atoms with Crippen LogP contribution in [0.5, 0.6) is 0 Å². The standard InChI is InChI=1S/C22H22O4/c1-21(2,3)15-11-17(23)13(9-19(15)25)7-8-14-10-20(26)16(12-18(14)24)22(4,5)6/h9-12H,1-6H3. The summed E-state index contributed by atoms with van der Waals surface area (Å²) in [5.41, 5.74) is 0.0160. The largest absolute Gasteiger partial charge is 0.290 e. The Hall–Kier alpha value is -2.80. The molecule has 0 bridgehead atoms. The maximum absolute atomic E-state index is 12.2. The fraction of sp³-hybridized carbons (Fsp3) is 0.364. The van der Waals surface area contributed by atoms with Gasteiger partial charge in [-0.2, -0.15) is 0 Å². The van der Waals surface area contributed by atoms with Crippen molar-refractivity contribution >= 4 is 23.1 Å². The lowest BCUT2D eigenvalue weighted by molar-refractivity contribution is -0.115. The number of hydrogen-bond acceptors (Lipinski definition) is 4. The molecule has 0 N–H and O–H groups in total. The lowest BCUT2D eigenvalue weighted by Crippen LogP contribution is -2.23. The molecule has 0 heterocycles. The molecule has 2 aliphatic rings. The Morgan fingerprint density at radius 2 is 0.846 bits per heavy atom. The van der Waals surface area contributed by atoms with E-state index in [1.807, 2.05) is 41.5 Å². The second kappa shape index (κ2) is 6.49. The van der Waals surface area contributed by atoms with Gasteiger partial charge < -0.3 is 0 Å². The van der Waals surface area contributed by atoms with Gasteiger partial charge in [-0.25, -0.2) is 0 Å². The Balaban J connectivity index is 2.30. The fourth-order valence-electron chi connectivity index (χ4n) is 2.62. The van der Waals surface area contributed by atoms with Crippen molar-refractivity contribution < 1.29 is 19.2 Å². The van der Waals surface area contributed by atoms with Crippen molar-refractivity contribution in [2.24, 2.45) is 10.8 Å². The highest BCUT2D eigenvalue weighted by Crippen LogP contribution is 2.30. The van der Waals surface area contributed by atoms with Crippen LogP contribution in [0.1, 0.15) is 41.5 Å².